The number of aryl methyl sites for hydroxylation is 4. The lowest BCUT2D eigenvalue weighted by Gasteiger charge is -2.12. The Morgan fingerprint density at radius 1 is 0.583 bits per heavy atom. The van der Waals surface area contributed by atoms with E-state index in [1.165, 1.54) is 28.3 Å². The summed E-state index contributed by atoms with van der Waals surface area (Å²) in [4.78, 5) is 17.9. The van der Waals surface area contributed by atoms with Gasteiger partial charge in [-0.3, -0.25) is 0 Å². The second-order valence-electron chi connectivity index (χ2n) is 12.4. The lowest BCUT2D eigenvalue weighted by molar-refractivity contribution is -0.187. The molecule has 0 fully saturated rings. The molecule has 0 spiro atoms. The molecule has 2 aliphatic rings. The minimum Gasteiger partial charge on any atom is -0.380 e. The summed E-state index contributed by atoms with van der Waals surface area (Å²) in [7, 11) is 0. The highest BCUT2D eigenvalue weighted by molar-refractivity contribution is 5.99. The van der Waals surface area contributed by atoms with E-state index in [9.17, 15) is 18.3 Å². The third-order valence-corrected chi connectivity index (χ3v) is 9.92. The van der Waals surface area contributed by atoms with Gasteiger partial charge in [-0.15, -0.1) is 0 Å². The maximum Gasteiger partial charge on any atom is 0.417 e. The van der Waals surface area contributed by atoms with Gasteiger partial charge in [0.2, 0.25) is 0 Å². The molecule has 0 aromatic carbocycles. The lowest BCUT2D eigenvalue weighted by atomic mass is 9.93. The fraction of sp³-hybridized carbons (Fsp3) is 0.450. The highest BCUT2D eigenvalue weighted by atomic mass is 19.4. The number of aromatic amines is 2. The normalized spacial score (nSPS) is 14.6. The Morgan fingerprint density at radius 2 is 0.938 bits per heavy atom. The Hall–Kier alpha value is -3.91. The molecular weight excluding hydrogens is 609 g/mol. The van der Waals surface area contributed by atoms with Gasteiger partial charge in [-0.2, -0.15) is 13.2 Å². The molecular formula is C40H49F3N4O. The first-order valence-electron chi connectivity index (χ1n) is 17.7. The predicted molar refractivity (Wildman–Crippen MR) is 194 cm³/mol. The van der Waals surface area contributed by atoms with Crippen molar-refractivity contribution in [2.75, 3.05) is 0 Å². The van der Waals surface area contributed by atoms with Crippen molar-refractivity contribution in [2.45, 2.75) is 119 Å². The highest BCUT2D eigenvalue weighted by Gasteiger charge is 2.36. The average molecular weight is 659 g/mol. The third kappa shape index (κ3) is 6.20. The number of nitrogens with one attached hydrogen (secondary N) is 2. The van der Waals surface area contributed by atoms with Crippen molar-refractivity contribution in [3.05, 3.63) is 74.9 Å². The van der Waals surface area contributed by atoms with Crippen molar-refractivity contribution in [3.63, 3.8) is 0 Å². The molecule has 0 saturated heterocycles. The summed E-state index contributed by atoms with van der Waals surface area (Å²) >= 11 is 0. The van der Waals surface area contributed by atoms with E-state index in [0.717, 1.165) is 87.5 Å². The summed E-state index contributed by atoms with van der Waals surface area (Å²) in [6.07, 6.45) is 0.968. The second-order valence-corrected chi connectivity index (χ2v) is 12.4. The van der Waals surface area contributed by atoms with Crippen molar-refractivity contribution in [2.24, 2.45) is 0 Å². The zero-order valence-electron chi connectivity index (χ0n) is 29.6. The minimum atomic E-state index is -4.79. The Balaban J connectivity index is 2.09. The van der Waals surface area contributed by atoms with Crippen LogP contribution in [0.5, 0.6) is 0 Å². The number of alkyl halides is 3. The van der Waals surface area contributed by atoms with Crippen LogP contribution in [0.4, 0.5) is 13.2 Å². The minimum absolute atomic E-state index is 0.505. The van der Waals surface area contributed by atoms with Gasteiger partial charge >= 0.3 is 6.18 Å². The summed E-state index contributed by atoms with van der Waals surface area (Å²) in [6.45, 7) is 17.0. The van der Waals surface area contributed by atoms with Crippen LogP contribution in [-0.2, 0) is 25.7 Å². The Kier molecular flexibility index (Phi) is 10.5. The van der Waals surface area contributed by atoms with E-state index in [4.69, 9.17) is 9.97 Å². The van der Waals surface area contributed by atoms with Gasteiger partial charge in [-0.1, -0.05) is 61.5 Å². The Bertz CT molecular complexity index is 1850. The smallest absolute Gasteiger partial charge is 0.380 e. The van der Waals surface area contributed by atoms with Crippen molar-refractivity contribution < 1.29 is 18.3 Å². The molecule has 0 saturated carbocycles. The number of rotatable bonds is 10. The molecule has 3 aromatic heterocycles. The van der Waals surface area contributed by atoms with Gasteiger partial charge in [0.05, 0.1) is 22.8 Å². The summed E-state index contributed by atoms with van der Waals surface area (Å²) in [6, 6.07) is 6.48. The number of hydrogen-bond donors (Lipinski definition) is 3. The van der Waals surface area contributed by atoms with Crippen LogP contribution in [-0.4, -0.2) is 37.3 Å². The van der Waals surface area contributed by atoms with E-state index < -0.39 is 12.3 Å². The van der Waals surface area contributed by atoms with Crippen molar-refractivity contribution in [3.8, 4) is 0 Å². The molecule has 5 nitrogen and oxygen atoms in total. The first kappa shape index (κ1) is 35.4. The zero-order valence-corrected chi connectivity index (χ0v) is 29.6. The second kappa shape index (κ2) is 14.3. The molecule has 1 atom stereocenters. The lowest BCUT2D eigenvalue weighted by Crippen LogP contribution is -2.25. The Labute approximate surface area is 282 Å². The topological polar surface area (TPSA) is 77.6 Å². The van der Waals surface area contributed by atoms with Crippen LogP contribution in [0.25, 0.3) is 50.4 Å². The number of allylic oxidation sites excluding steroid dienone is 4. The van der Waals surface area contributed by atoms with Gasteiger partial charge in [0.25, 0.3) is 0 Å². The molecule has 0 aliphatic carbocycles. The molecule has 256 valence electrons. The molecule has 1 unspecified atom stereocenters. The van der Waals surface area contributed by atoms with E-state index in [1.54, 1.807) is 0 Å². The van der Waals surface area contributed by atoms with Gasteiger partial charge in [-0.25, -0.2) is 9.97 Å². The molecule has 3 N–H and O–H groups in total. The van der Waals surface area contributed by atoms with Crippen LogP contribution >= 0.6 is 0 Å². The Morgan fingerprint density at radius 3 is 1.25 bits per heavy atom. The number of nitrogens with zero attached hydrogens (tertiary/aromatic N) is 2. The van der Waals surface area contributed by atoms with Crippen LogP contribution in [0.2, 0.25) is 0 Å². The summed E-state index contributed by atoms with van der Waals surface area (Å²) < 4.78 is 40.8. The van der Waals surface area contributed by atoms with Gasteiger partial charge in [0, 0.05) is 27.6 Å². The van der Waals surface area contributed by atoms with Gasteiger partial charge in [0.15, 0.2) is 6.10 Å². The highest BCUT2D eigenvalue weighted by Crippen LogP contribution is 2.42. The zero-order chi connectivity index (χ0) is 34.9. The summed E-state index contributed by atoms with van der Waals surface area (Å²) in [5, 5.41) is 10.1. The average Bonchev–Trinajstić information content (AvgIpc) is 3.79. The van der Waals surface area contributed by atoms with Crippen LogP contribution in [0, 0.1) is 0 Å². The van der Waals surface area contributed by atoms with Crippen LogP contribution in [0.15, 0.2) is 24.3 Å². The maximum atomic E-state index is 13.6. The van der Waals surface area contributed by atoms with Gasteiger partial charge in [0.1, 0.15) is 0 Å². The molecule has 8 heteroatoms. The number of fused-ring (bicyclic) bond motifs is 8. The van der Waals surface area contributed by atoms with Crippen molar-refractivity contribution in [1.29, 1.82) is 0 Å². The number of H-pyrrole nitrogens is 2. The number of aromatic nitrogens is 4. The van der Waals surface area contributed by atoms with Crippen LogP contribution < -0.4 is 0 Å². The molecule has 0 radical (unpaired) electrons. The first-order chi connectivity index (χ1) is 23.0. The molecule has 48 heavy (non-hydrogen) atoms. The quantitative estimate of drug-likeness (QED) is 0.203. The number of aliphatic hydroxyl groups excluding tert-OH is 1. The fourth-order valence-corrected chi connectivity index (χ4v) is 7.68. The van der Waals surface area contributed by atoms with E-state index in [-0.39, 0.29) is 0 Å². The van der Waals surface area contributed by atoms with Crippen LogP contribution in [0.1, 0.15) is 132 Å². The molecule has 5 heterocycles. The van der Waals surface area contributed by atoms with Gasteiger partial charge in [-0.05, 0) is 120 Å². The first-order valence-corrected chi connectivity index (χ1v) is 17.7. The monoisotopic (exact) mass is 658 g/mol. The van der Waals surface area contributed by atoms with Crippen LogP contribution in [0.3, 0.4) is 0 Å². The largest absolute Gasteiger partial charge is 0.417 e. The predicted octanol–water partition coefficient (Wildman–Crippen LogP) is 11.0. The molecule has 0 amide bonds. The molecule has 5 rings (SSSR count). The summed E-state index contributed by atoms with van der Waals surface area (Å²) in [5.74, 6) is 0. The van der Waals surface area contributed by atoms with Crippen molar-refractivity contribution >= 4 is 50.4 Å². The summed E-state index contributed by atoms with van der Waals surface area (Å²) in [5.41, 5.74) is 16.7. The van der Waals surface area contributed by atoms with E-state index >= 15 is 0 Å². The number of aliphatic hydroxyl groups is 1. The number of halogens is 3. The fourth-order valence-electron chi connectivity index (χ4n) is 7.68. The van der Waals surface area contributed by atoms with E-state index in [0.29, 0.717) is 42.6 Å². The standard InChI is InChI=1S/C40H49F3N4O/c1-9-22-24(11-3)33-20-35-26(13-5)28(15-7)38(46-35)30(17-18-37(48)40(41,42)43)39-29(16-8)27(14-6)36(47-39)21-34-25(12-4)23(10-2)32(45-34)19-31(22)44-33/h17-21,37,44-45,48H,9-16H2,1-8H3/b18-17+,31-19?,32-19?,33-20?,34-21?,35-20?,36-21?,38-30?,39-30?. The molecule has 8 bridgehead atoms. The molecule has 3 aromatic rings. The van der Waals surface area contributed by atoms with E-state index in [2.05, 4.69) is 83.6 Å². The SMILES string of the molecule is CCC1=C(CC)c2nc1cc1[nH]c(cc3[nH]c(cc4nc(c2/C=C/C(O)C(F)(F)F)C(CC)=C4CC)c(CC)c3CC)c(CC)c1CC. The van der Waals surface area contributed by atoms with E-state index in [1.807, 2.05) is 0 Å². The molecule has 2 aliphatic heterocycles. The van der Waals surface area contributed by atoms with Crippen molar-refractivity contribution in [1.82, 2.24) is 19.9 Å². The third-order valence-electron chi connectivity index (χ3n) is 9.92. The maximum absolute atomic E-state index is 13.6. The number of hydrogen-bond acceptors (Lipinski definition) is 3. The van der Waals surface area contributed by atoms with Gasteiger partial charge < -0.3 is 15.1 Å².